The van der Waals surface area contributed by atoms with Gasteiger partial charge in [0.2, 0.25) is 0 Å². The molecule has 29 heavy (non-hydrogen) atoms. The topological polar surface area (TPSA) is 66.8 Å². The summed E-state index contributed by atoms with van der Waals surface area (Å²) in [7, 11) is 0. The van der Waals surface area contributed by atoms with Crippen LogP contribution < -0.4 is 0 Å². The van der Waals surface area contributed by atoms with Gasteiger partial charge in [-0.3, -0.25) is 4.79 Å². The highest BCUT2D eigenvalue weighted by Crippen LogP contribution is 2.42. The molecule has 2 saturated carbocycles. The van der Waals surface area contributed by atoms with Gasteiger partial charge in [-0.2, -0.15) is 0 Å². The Hall–Kier alpha value is -0.580. The van der Waals surface area contributed by atoms with Crippen molar-refractivity contribution >= 4 is 17.6 Å². The largest absolute Gasteiger partial charge is 0.463 e. The number of allylic oxidation sites excluding steroid dienone is 2. The van der Waals surface area contributed by atoms with E-state index in [4.69, 9.17) is 16.3 Å². The minimum atomic E-state index is -0.361. The fourth-order valence-corrected chi connectivity index (χ4v) is 5.51. The van der Waals surface area contributed by atoms with Gasteiger partial charge in [-0.15, -0.1) is 11.6 Å². The monoisotopic (exact) mass is 428 g/mol. The van der Waals surface area contributed by atoms with Crippen molar-refractivity contribution in [3.8, 4) is 0 Å². The summed E-state index contributed by atoms with van der Waals surface area (Å²) in [4.78, 5) is 11.5. The summed E-state index contributed by atoms with van der Waals surface area (Å²) in [6, 6.07) is 0. The third kappa shape index (κ3) is 8.59. The number of alkyl halides is 1. The number of aliphatic hydroxyl groups is 2. The molecule has 2 aliphatic carbocycles. The maximum Gasteiger partial charge on any atom is 0.306 e. The highest BCUT2D eigenvalue weighted by Gasteiger charge is 2.40. The molecule has 5 atom stereocenters. The molecule has 0 heterocycles. The molecule has 4 nitrogen and oxygen atoms in total. The summed E-state index contributed by atoms with van der Waals surface area (Å²) in [6.45, 7) is 3.72. The van der Waals surface area contributed by atoms with Crippen molar-refractivity contribution in [1.29, 1.82) is 0 Å². The minimum Gasteiger partial charge on any atom is -0.463 e. The Labute approximate surface area is 182 Å². The average Bonchev–Trinajstić information content (AvgIpc) is 2.95. The summed E-state index contributed by atoms with van der Waals surface area (Å²) in [5.41, 5.74) is 0. The van der Waals surface area contributed by atoms with Crippen LogP contribution in [0.3, 0.4) is 0 Å². The number of rotatable bonds is 11. The van der Waals surface area contributed by atoms with Crippen LogP contribution in [0.2, 0.25) is 0 Å². The van der Waals surface area contributed by atoms with Gasteiger partial charge in [-0.05, 0) is 83.0 Å². The van der Waals surface area contributed by atoms with Crippen LogP contribution in [-0.2, 0) is 9.53 Å². The molecule has 0 amide bonds. The van der Waals surface area contributed by atoms with Gasteiger partial charge in [0.05, 0.1) is 18.3 Å². The van der Waals surface area contributed by atoms with Crippen LogP contribution in [0.15, 0.2) is 12.2 Å². The Morgan fingerprint density at radius 2 is 1.90 bits per heavy atom. The van der Waals surface area contributed by atoms with Gasteiger partial charge < -0.3 is 14.9 Å². The van der Waals surface area contributed by atoms with Gasteiger partial charge >= 0.3 is 5.97 Å². The van der Waals surface area contributed by atoms with E-state index < -0.39 is 0 Å². The molecule has 2 rings (SSSR count). The van der Waals surface area contributed by atoms with E-state index >= 15 is 0 Å². The first-order valence-electron chi connectivity index (χ1n) is 11.7. The van der Waals surface area contributed by atoms with Gasteiger partial charge in [0, 0.05) is 11.8 Å². The van der Waals surface area contributed by atoms with Gasteiger partial charge in [-0.25, -0.2) is 0 Å². The van der Waals surface area contributed by atoms with E-state index in [2.05, 4.69) is 12.2 Å². The van der Waals surface area contributed by atoms with Crippen LogP contribution in [0.5, 0.6) is 0 Å². The zero-order valence-electron chi connectivity index (χ0n) is 18.3. The number of halogens is 1. The Balaban J connectivity index is 1.72. The highest BCUT2D eigenvalue weighted by atomic mass is 35.5. The predicted octanol–water partition coefficient (Wildman–Crippen LogP) is 5.38. The Kier molecular flexibility index (Phi) is 11.0. The van der Waals surface area contributed by atoms with Crippen molar-refractivity contribution in [2.24, 2.45) is 17.8 Å². The Bertz CT molecular complexity index is 501. The van der Waals surface area contributed by atoms with Crippen LogP contribution in [-0.4, -0.2) is 39.9 Å². The zero-order valence-corrected chi connectivity index (χ0v) is 19.0. The molecule has 168 valence electrons. The molecule has 0 aromatic heterocycles. The Morgan fingerprint density at radius 1 is 1.17 bits per heavy atom. The molecule has 0 radical (unpaired) electrons. The van der Waals surface area contributed by atoms with E-state index in [1.165, 1.54) is 19.3 Å². The number of hydrogen-bond acceptors (Lipinski definition) is 4. The molecule has 0 bridgehead atoms. The SMILES string of the molecule is CC(C)OC(=O)CCCC=CC[C@H]1C(Cl)CC(O)[C@@H]1CCC(O)C1CCCCC1. The minimum absolute atomic E-state index is 0.00695. The molecule has 2 N–H and O–H groups in total. The fourth-order valence-electron chi connectivity index (χ4n) is 5.04. The van der Waals surface area contributed by atoms with Crippen LogP contribution in [0.1, 0.15) is 90.9 Å². The second-order valence-corrected chi connectivity index (χ2v) is 9.89. The number of esters is 1. The average molecular weight is 429 g/mol. The summed E-state index contributed by atoms with van der Waals surface area (Å²) < 4.78 is 5.14. The number of carbonyl (C=O) groups excluding carboxylic acids is 1. The van der Waals surface area contributed by atoms with Crippen LogP contribution in [0, 0.1) is 17.8 Å². The highest BCUT2D eigenvalue weighted by molar-refractivity contribution is 6.21. The van der Waals surface area contributed by atoms with Gasteiger partial charge in [-0.1, -0.05) is 31.4 Å². The molecule has 3 unspecified atom stereocenters. The van der Waals surface area contributed by atoms with Gasteiger partial charge in [0.25, 0.3) is 0 Å². The maximum absolute atomic E-state index is 11.5. The molecular weight excluding hydrogens is 388 g/mol. The lowest BCUT2D eigenvalue weighted by Gasteiger charge is -2.29. The number of aliphatic hydroxyl groups excluding tert-OH is 2. The predicted molar refractivity (Wildman–Crippen MR) is 118 cm³/mol. The van der Waals surface area contributed by atoms with E-state index in [0.717, 1.165) is 44.9 Å². The molecular formula is C24H41ClO4. The van der Waals surface area contributed by atoms with E-state index in [1.54, 1.807) is 0 Å². The molecule has 0 aromatic rings. The zero-order chi connectivity index (χ0) is 21.2. The molecule has 2 aliphatic rings. The second kappa shape index (κ2) is 13.0. The lowest BCUT2D eigenvalue weighted by Crippen LogP contribution is -2.26. The molecule has 0 spiro atoms. The first-order chi connectivity index (χ1) is 13.9. The van der Waals surface area contributed by atoms with Crippen LogP contribution >= 0.6 is 11.6 Å². The van der Waals surface area contributed by atoms with E-state index in [0.29, 0.717) is 18.8 Å². The van der Waals surface area contributed by atoms with E-state index in [-0.39, 0.29) is 41.5 Å². The summed E-state index contributed by atoms with van der Waals surface area (Å²) in [6.07, 6.45) is 14.9. The third-order valence-corrected chi connectivity index (χ3v) is 7.16. The van der Waals surface area contributed by atoms with Crippen molar-refractivity contribution in [2.45, 2.75) is 115 Å². The lowest BCUT2D eigenvalue weighted by molar-refractivity contribution is -0.147. The van der Waals surface area contributed by atoms with Crippen molar-refractivity contribution in [3.05, 3.63) is 12.2 Å². The van der Waals surface area contributed by atoms with Crippen molar-refractivity contribution < 1.29 is 19.7 Å². The van der Waals surface area contributed by atoms with Gasteiger partial charge in [0.1, 0.15) is 0 Å². The molecule has 0 saturated heterocycles. The van der Waals surface area contributed by atoms with Crippen molar-refractivity contribution in [1.82, 2.24) is 0 Å². The first kappa shape index (κ1) is 24.7. The van der Waals surface area contributed by atoms with Crippen molar-refractivity contribution in [2.75, 3.05) is 0 Å². The first-order valence-corrected chi connectivity index (χ1v) is 12.2. The molecule has 0 aromatic carbocycles. The van der Waals surface area contributed by atoms with E-state index in [1.807, 2.05) is 13.8 Å². The maximum atomic E-state index is 11.5. The Morgan fingerprint density at radius 3 is 2.59 bits per heavy atom. The smallest absolute Gasteiger partial charge is 0.306 e. The van der Waals surface area contributed by atoms with Crippen LogP contribution in [0.25, 0.3) is 0 Å². The fraction of sp³-hybridized carbons (Fsp3) is 0.875. The molecule has 5 heteroatoms. The number of unbranched alkanes of at least 4 members (excludes halogenated alkanes) is 1. The van der Waals surface area contributed by atoms with Gasteiger partial charge in [0.15, 0.2) is 0 Å². The number of hydrogen-bond donors (Lipinski definition) is 2. The quantitative estimate of drug-likeness (QED) is 0.200. The molecule has 0 aliphatic heterocycles. The number of ether oxygens (including phenoxy) is 1. The van der Waals surface area contributed by atoms with Crippen LogP contribution in [0.4, 0.5) is 0 Å². The third-order valence-electron chi connectivity index (χ3n) is 6.66. The van der Waals surface area contributed by atoms with Crippen molar-refractivity contribution in [3.63, 3.8) is 0 Å². The molecule has 2 fully saturated rings. The summed E-state index contributed by atoms with van der Waals surface area (Å²) in [5.74, 6) is 0.730. The van der Waals surface area contributed by atoms with E-state index in [9.17, 15) is 15.0 Å². The normalized spacial score (nSPS) is 29.6. The lowest BCUT2D eigenvalue weighted by atomic mass is 9.81. The summed E-state index contributed by atoms with van der Waals surface area (Å²) in [5, 5.41) is 21.1. The summed E-state index contributed by atoms with van der Waals surface area (Å²) >= 11 is 6.54. The standard InChI is InChI=1S/C24H41ClO4/c1-17(2)29-24(28)13-9-4-3-8-12-19-20(23(27)16-21(19)25)14-15-22(26)18-10-6-5-7-11-18/h3,8,17-23,26-27H,4-7,9-16H2,1-2H3/t19-,20-,21?,22?,23?/m1/s1. The number of carbonyl (C=O) groups is 1. The second-order valence-electron chi connectivity index (χ2n) is 9.33.